The topological polar surface area (TPSA) is 403 Å². The fraction of sp³-hybridized carbons (Fsp3) is 0.552. The molecule has 16 atom stereocenters. The lowest BCUT2D eigenvalue weighted by Gasteiger charge is -2.43. The van der Waals surface area contributed by atoms with E-state index in [1.165, 1.54) is 44.6 Å². The predicted molar refractivity (Wildman–Crippen MR) is 332 cm³/mol. The van der Waals surface area contributed by atoms with E-state index in [2.05, 4.69) is 25.8 Å². The second-order valence-electron chi connectivity index (χ2n) is 25.8. The highest BCUT2D eigenvalue weighted by atomic mass is 16.7. The van der Waals surface area contributed by atoms with Gasteiger partial charge >= 0.3 is 0 Å². The van der Waals surface area contributed by atoms with Crippen LogP contribution in [0.4, 0.5) is 0 Å². The number of benzene rings is 4. The van der Waals surface area contributed by atoms with Crippen molar-refractivity contribution in [1.82, 2.24) is 25.8 Å². The minimum atomic E-state index is -2.14. The number of phenolic OH excluding ortho intramolecular Hbond substituents is 4. The molecule has 4 aromatic rings. The van der Waals surface area contributed by atoms with E-state index in [-0.39, 0.29) is 113 Å². The molecular formula is C67H80N6O24. The Morgan fingerprint density at radius 3 is 1.38 bits per heavy atom. The van der Waals surface area contributed by atoms with Gasteiger partial charge in [0.2, 0.25) is 11.6 Å². The summed E-state index contributed by atoms with van der Waals surface area (Å²) in [6.07, 6.45) is -8.97. The molecule has 6 saturated heterocycles. The van der Waals surface area contributed by atoms with E-state index in [0.717, 1.165) is 0 Å². The van der Waals surface area contributed by atoms with Crippen molar-refractivity contribution in [2.75, 3.05) is 88.0 Å². The molecule has 4 aromatic carbocycles. The second kappa shape index (κ2) is 26.7. The number of likely N-dealkylation sites (N-methyl/N-ethyl adjacent to an activating group) is 1. The van der Waals surface area contributed by atoms with Gasteiger partial charge in [-0.2, -0.15) is 0 Å². The van der Waals surface area contributed by atoms with Crippen LogP contribution in [0.25, 0.3) is 0 Å². The third kappa shape index (κ3) is 11.4. The van der Waals surface area contributed by atoms with Gasteiger partial charge in [0.25, 0.3) is 11.8 Å². The summed E-state index contributed by atoms with van der Waals surface area (Å²) in [7, 11) is 7.53. The Hall–Kier alpha value is -7.34. The molecule has 30 heteroatoms. The summed E-state index contributed by atoms with van der Waals surface area (Å²) < 4.78 is 71.3. The largest absolute Gasteiger partial charge is 0.507 e. The molecule has 6 fully saturated rings. The number of ether oxygens (including phenoxy) is 12. The Morgan fingerprint density at radius 1 is 0.577 bits per heavy atom. The highest BCUT2D eigenvalue weighted by Gasteiger charge is 2.58. The molecule has 0 bridgehead atoms. The van der Waals surface area contributed by atoms with Gasteiger partial charge in [-0.05, 0) is 33.0 Å². The van der Waals surface area contributed by atoms with E-state index in [1.54, 1.807) is 27.3 Å². The van der Waals surface area contributed by atoms with Crippen molar-refractivity contribution in [2.45, 2.75) is 150 Å². The number of nitrogens with one attached hydrogen (secondary N) is 3. The van der Waals surface area contributed by atoms with Gasteiger partial charge in [0.15, 0.2) is 49.2 Å². The number of hydrogen-bond acceptors (Lipinski definition) is 28. The number of hydrogen-bond donors (Lipinski definition) is 10. The normalized spacial score (nSPS) is 32.3. The van der Waals surface area contributed by atoms with E-state index < -0.39 is 166 Å². The lowest BCUT2D eigenvalue weighted by molar-refractivity contribution is -0.256. The molecule has 0 unspecified atom stereocenters. The highest BCUT2D eigenvalue weighted by molar-refractivity contribution is 6.32. The molecule has 0 saturated carbocycles. The van der Waals surface area contributed by atoms with Gasteiger partial charge in [-0.3, -0.25) is 38.6 Å². The number of nitrogens with zero attached hydrogens (tertiary/aromatic N) is 2. The van der Waals surface area contributed by atoms with E-state index >= 15 is 0 Å². The van der Waals surface area contributed by atoms with Gasteiger partial charge < -0.3 is 109 Å². The SMILES string of the molecule is CNCCNC(=O)[C@]1(O)Cc2c(O)c3c(c(O)c2[C@@H](O[C@@H]2C[C@H]4[C@H](O[C@@H]5[C@@H](OC)OCCN54)[C@H](C)O2)C1)C(=O)c1c(OC)cccc1C3=O.COc1cccc2c1C(=O)c1c(O)c3c(c(O)c1C2=O)C[C@@](O)(C(=O)NCCN)C[C@@H]3O[C@@H]1C[C@H]2[C@H](O[C@@H]3[C@@H](OC)OCCN32)[C@H](C)O1. The first-order valence-electron chi connectivity index (χ1n) is 32.4. The van der Waals surface area contributed by atoms with Crippen LogP contribution in [0.2, 0.25) is 0 Å². The van der Waals surface area contributed by atoms with Crippen LogP contribution in [0.5, 0.6) is 34.5 Å². The number of ketones is 4. The molecule has 6 aliphatic heterocycles. The molecule has 10 aliphatic rings. The number of carbonyl (C=O) groups excluding carboxylic acids is 6. The number of amides is 2. The molecule has 30 nitrogen and oxygen atoms in total. The van der Waals surface area contributed by atoms with E-state index in [4.69, 9.17) is 62.6 Å². The maximum atomic E-state index is 14.0. The first-order valence-corrected chi connectivity index (χ1v) is 32.4. The Morgan fingerprint density at radius 2 is 0.990 bits per heavy atom. The second-order valence-corrected chi connectivity index (χ2v) is 25.8. The zero-order chi connectivity index (χ0) is 68.8. The first-order chi connectivity index (χ1) is 46.5. The Kier molecular flexibility index (Phi) is 18.8. The number of phenols is 4. The van der Waals surface area contributed by atoms with E-state index in [9.17, 15) is 59.4 Å². The molecule has 0 radical (unpaired) electrons. The third-order valence-corrected chi connectivity index (χ3v) is 20.3. The first kappa shape index (κ1) is 68.2. The Labute approximate surface area is 556 Å². The van der Waals surface area contributed by atoms with Gasteiger partial charge in [0.1, 0.15) is 57.9 Å². The van der Waals surface area contributed by atoms with Crippen molar-refractivity contribution in [3.05, 3.63) is 103 Å². The lowest BCUT2D eigenvalue weighted by Crippen LogP contribution is -2.55. The van der Waals surface area contributed by atoms with Crippen LogP contribution in [0, 0.1) is 0 Å². The smallest absolute Gasteiger partial charge is 0.252 e. The average molecular weight is 1350 g/mol. The molecule has 522 valence electrons. The highest BCUT2D eigenvalue weighted by Crippen LogP contribution is 2.56. The molecule has 97 heavy (non-hydrogen) atoms. The van der Waals surface area contributed by atoms with Crippen LogP contribution in [0.1, 0.15) is 138 Å². The molecule has 4 aliphatic carbocycles. The molecule has 6 heterocycles. The minimum Gasteiger partial charge on any atom is -0.507 e. The van der Waals surface area contributed by atoms with E-state index in [1.807, 2.05) is 13.8 Å². The average Bonchev–Trinajstić information content (AvgIpc) is 1.34. The number of aromatic hydroxyl groups is 4. The fourth-order valence-electron chi connectivity index (χ4n) is 15.8. The van der Waals surface area contributed by atoms with Gasteiger partial charge in [-0.1, -0.05) is 24.3 Å². The van der Waals surface area contributed by atoms with E-state index in [0.29, 0.717) is 45.7 Å². The monoisotopic (exact) mass is 1350 g/mol. The standard InChI is InChI=1S/C34H41N3O12.C33H39N3O12/c1-15-30-18(37-10-11-46-32(45-4)31(37)49-30)12-21(47-15)48-20-14-34(43,33(42)36-9-8-35-2)13-17-23(20)29(41)25-24(27(17)39)26(38)16-6-5-7-19(44-3)22(16)28(25)40;1-14-29-17(36-9-10-45-31(44-3)30(36)48-29)11-20(46-14)47-19-13-33(42,32(41)35-8-7-34)12-16-22(19)28(40)24-23(26(16)38)25(37)15-5-4-6-18(43-2)21(15)27(24)39/h5-7,15,18,20-21,30-32,35,39,41,43H,8-14H2,1-4H3,(H,36,42);4-6,14,17,19-20,29-31,38,40,42H,7-13,34H2,1-3H3,(H,35,41)/t15-,18-,20-,21+,30+,31+,32-,34-;14-,17-,19-,20+,29+,30+,31-,33-/m00/s1. The summed E-state index contributed by atoms with van der Waals surface area (Å²) in [5.41, 5.74) is -0.660. The maximum absolute atomic E-state index is 14.0. The molecular weight excluding hydrogens is 1270 g/mol. The zero-order valence-electron chi connectivity index (χ0n) is 54.5. The number of aliphatic hydroxyl groups is 2. The number of carbonyl (C=O) groups is 6. The lowest BCUT2D eigenvalue weighted by atomic mass is 9.72. The quantitative estimate of drug-likeness (QED) is 0.0500. The van der Waals surface area contributed by atoms with Crippen molar-refractivity contribution in [2.24, 2.45) is 5.73 Å². The summed E-state index contributed by atoms with van der Waals surface area (Å²) in [4.78, 5) is 86.7. The number of methoxy groups -OCH3 is 4. The van der Waals surface area contributed by atoms with Crippen molar-refractivity contribution in [3.8, 4) is 34.5 Å². The van der Waals surface area contributed by atoms with Crippen LogP contribution in [-0.4, -0.2) is 249 Å². The van der Waals surface area contributed by atoms with Gasteiger partial charge in [0, 0.05) is 137 Å². The summed E-state index contributed by atoms with van der Waals surface area (Å²) in [6, 6.07) is 8.67. The number of rotatable bonds is 15. The molecule has 0 spiro atoms. The van der Waals surface area contributed by atoms with Crippen LogP contribution in [0.15, 0.2) is 36.4 Å². The van der Waals surface area contributed by atoms with Gasteiger partial charge in [0.05, 0.1) is 85.2 Å². The third-order valence-electron chi connectivity index (χ3n) is 20.3. The van der Waals surface area contributed by atoms with Crippen LogP contribution in [-0.2, 0) is 69.8 Å². The Bertz CT molecular complexity index is 3830. The summed E-state index contributed by atoms with van der Waals surface area (Å²) in [5, 5.41) is 79.1. The minimum absolute atomic E-state index is 0.00630. The van der Waals surface area contributed by atoms with Crippen LogP contribution < -0.4 is 31.2 Å². The van der Waals surface area contributed by atoms with Gasteiger partial charge in [-0.15, -0.1) is 0 Å². The number of fused-ring (bicyclic) bond motifs is 12. The summed E-state index contributed by atoms with van der Waals surface area (Å²) in [6.45, 7) is 6.56. The van der Waals surface area contributed by atoms with Gasteiger partial charge in [-0.25, -0.2) is 0 Å². The molecule has 14 rings (SSSR count). The van der Waals surface area contributed by atoms with Crippen molar-refractivity contribution in [1.29, 1.82) is 0 Å². The number of morpholine rings is 2. The fourth-order valence-corrected chi connectivity index (χ4v) is 15.8. The van der Waals surface area contributed by atoms with Crippen LogP contribution in [0.3, 0.4) is 0 Å². The zero-order valence-corrected chi connectivity index (χ0v) is 54.5. The van der Waals surface area contributed by atoms with Crippen molar-refractivity contribution in [3.63, 3.8) is 0 Å². The predicted octanol–water partition coefficient (Wildman–Crippen LogP) is 0.710. The van der Waals surface area contributed by atoms with Crippen molar-refractivity contribution < 1.29 is 116 Å². The summed E-state index contributed by atoms with van der Waals surface area (Å²) in [5.74, 6) is -6.54. The van der Waals surface area contributed by atoms with Crippen molar-refractivity contribution >= 4 is 34.9 Å². The maximum Gasteiger partial charge on any atom is 0.252 e. The Balaban J connectivity index is 0.000000175. The number of nitrogens with two attached hydrogens (primary N) is 1. The summed E-state index contributed by atoms with van der Waals surface area (Å²) >= 11 is 0. The molecule has 2 amide bonds. The molecule has 0 aromatic heterocycles. The molecule has 11 N–H and O–H groups in total. The van der Waals surface area contributed by atoms with Crippen LogP contribution >= 0.6 is 0 Å².